The molecular weight excluding hydrogens is 368 g/mol. The fourth-order valence-electron chi connectivity index (χ4n) is 2.88. The molecule has 4 heterocycles. The fourth-order valence-corrected chi connectivity index (χ4v) is 6.99. The van der Waals surface area contributed by atoms with Gasteiger partial charge in [-0.2, -0.15) is 0 Å². The summed E-state index contributed by atoms with van der Waals surface area (Å²) in [6, 6.07) is 22.0. The van der Waals surface area contributed by atoms with Crippen molar-refractivity contribution >= 4 is 56.1 Å². The first kappa shape index (κ1) is 14.6. The van der Waals surface area contributed by atoms with Crippen molar-refractivity contribution in [1.82, 2.24) is 0 Å². The molecule has 116 valence electrons. The van der Waals surface area contributed by atoms with Crippen LogP contribution in [-0.2, 0) is 0 Å². The minimum Gasteiger partial charge on any atom is -0.143 e. The van der Waals surface area contributed by atoms with Gasteiger partial charge in [0, 0.05) is 30.3 Å². The normalized spacial score (nSPS) is 11.3. The van der Waals surface area contributed by atoms with E-state index in [0.29, 0.717) is 0 Å². The first-order valence-corrected chi connectivity index (χ1v) is 11.0. The lowest BCUT2D eigenvalue weighted by Gasteiger charge is -1.94. The van der Waals surface area contributed by atoms with E-state index in [9.17, 15) is 0 Å². The van der Waals surface area contributed by atoms with Gasteiger partial charge in [0.2, 0.25) is 0 Å². The number of rotatable bonds is 3. The average molecular weight is 381 g/mol. The number of fused-ring (bicyclic) bond motifs is 1. The Morgan fingerprint density at radius 3 is 1.75 bits per heavy atom. The quantitative estimate of drug-likeness (QED) is 0.297. The Labute approximate surface area is 156 Å². The Hall–Kier alpha value is -1.72. The summed E-state index contributed by atoms with van der Waals surface area (Å²) in [7, 11) is 0. The fraction of sp³-hybridized carbons (Fsp3) is 0. The average Bonchev–Trinajstić information content (AvgIpc) is 3.40. The topological polar surface area (TPSA) is 0 Å². The standard InChI is InChI=1S/C20H12S4/c1-2-6-14-13(5-1)19(17-8-4-12-22-17)24-20(14)18-10-9-16(23-18)15-7-3-11-21-15/h1-12H. The molecule has 4 aromatic heterocycles. The molecule has 0 bridgehead atoms. The largest absolute Gasteiger partial charge is 0.143 e. The summed E-state index contributed by atoms with van der Waals surface area (Å²) >= 11 is 7.44. The van der Waals surface area contributed by atoms with Crippen LogP contribution in [-0.4, -0.2) is 0 Å². The van der Waals surface area contributed by atoms with Gasteiger partial charge in [0.05, 0.1) is 9.75 Å². The van der Waals surface area contributed by atoms with Gasteiger partial charge in [-0.25, -0.2) is 0 Å². The molecule has 0 N–H and O–H groups in total. The Balaban J connectivity index is 1.70. The molecule has 5 rings (SSSR count). The molecule has 5 aromatic rings. The maximum Gasteiger partial charge on any atom is 0.0528 e. The van der Waals surface area contributed by atoms with Crippen molar-refractivity contribution in [1.29, 1.82) is 0 Å². The lowest BCUT2D eigenvalue weighted by molar-refractivity contribution is 1.83. The molecule has 0 fully saturated rings. The molecule has 0 aliphatic rings. The van der Waals surface area contributed by atoms with Crippen LogP contribution in [0.5, 0.6) is 0 Å². The van der Waals surface area contributed by atoms with E-state index in [2.05, 4.69) is 71.4 Å². The summed E-state index contributed by atoms with van der Waals surface area (Å²) < 4.78 is 0. The van der Waals surface area contributed by atoms with E-state index < -0.39 is 0 Å². The highest BCUT2D eigenvalue weighted by Crippen LogP contribution is 2.48. The van der Waals surface area contributed by atoms with Crippen molar-refractivity contribution in [3.05, 3.63) is 71.4 Å². The third kappa shape index (κ3) is 2.38. The van der Waals surface area contributed by atoms with Crippen molar-refractivity contribution in [2.24, 2.45) is 0 Å². The lowest BCUT2D eigenvalue weighted by atomic mass is 10.1. The van der Waals surface area contributed by atoms with Gasteiger partial charge in [0.15, 0.2) is 0 Å². The second kappa shape index (κ2) is 5.97. The van der Waals surface area contributed by atoms with Crippen molar-refractivity contribution in [3.63, 3.8) is 0 Å². The zero-order chi connectivity index (χ0) is 15.9. The van der Waals surface area contributed by atoms with E-state index in [4.69, 9.17) is 0 Å². The van der Waals surface area contributed by atoms with E-state index in [-0.39, 0.29) is 0 Å². The Morgan fingerprint density at radius 1 is 0.458 bits per heavy atom. The summed E-state index contributed by atoms with van der Waals surface area (Å²) in [5.41, 5.74) is 0. The lowest BCUT2D eigenvalue weighted by Crippen LogP contribution is -1.68. The number of benzene rings is 1. The van der Waals surface area contributed by atoms with E-state index in [1.54, 1.807) is 11.3 Å². The second-order valence-electron chi connectivity index (χ2n) is 5.42. The van der Waals surface area contributed by atoms with Crippen LogP contribution in [0.3, 0.4) is 0 Å². The van der Waals surface area contributed by atoms with Gasteiger partial charge in [-0.15, -0.1) is 45.3 Å². The van der Waals surface area contributed by atoms with Gasteiger partial charge in [-0.05, 0) is 35.0 Å². The van der Waals surface area contributed by atoms with Gasteiger partial charge in [0.25, 0.3) is 0 Å². The van der Waals surface area contributed by atoms with Crippen LogP contribution < -0.4 is 0 Å². The molecule has 0 saturated heterocycles. The van der Waals surface area contributed by atoms with Crippen molar-refractivity contribution in [3.8, 4) is 29.3 Å². The van der Waals surface area contributed by atoms with Crippen LogP contribution in [0.25, 0.3) is 40.0 Å². The molecule has 0 spiro atoms. The van der Waals surface area contributed by atoms with Crippen LogP contribution in [0, 0.1) is 0 Å². The molecule has 24 heavy (non-hydrogen) atoms. The third-order valence-corrected chi connectivity index (χ3v) is 8.56. The predicted molar refractivity (Wildman–Crippen MR) is 112 cm³/mol. The monoisotopic (exact) mass is 380 g/mol. The van der Waals surface area contributed by atoms with E-state index >= 15 is 0 Å². The minimum absolute atomic E-state index is 1.35. The summed E-state index contributed by atoms with van der Waals surface area (Å²) in [5.74, 6) is 0. The molecule has 4 heteroatoms. The molecule has 0 nitrogen and oxygen atoms in total. The molecule has 1 aromatic carbocycles. The second-order valence-corrected chi connectivity index (χ2v) is 9.42. The van der Waals surface area contributed by atoms with Crippen molar-refractivity contribution in [2.75, 3.05) is 0 Å². The molecule has 0 radical (unpaired) electrons. The first-order valence-electron chi connectivity index (χ1n) is 7.59. The van der Waals surface area contributed by atoms with Gasteiger partial charge in [-0.3, -0.25) is 0 Å². The van der Waals surface area contributed by atoms with Gasteiger partial charge in [-0.1, -0.05) is 36.4 Å². The van der Waals surface area contributed by atoms with Gasteiger partial charge < -0.3 is 0 Å². The number of hydrogen-bond acceptors (Lipinski definition) is 4. The molecule has 0 saturated carbocycles. The summed E-state index contributed by atoms with van der Waals surface area (Å²) in [6.07, 6.45) is 0. The Morgan fingerprint density at radius 2 is 1.08 bits per heavy atom. The van der Waals surface area contributed by atoms with Crippen molar-refractivity contribution in [2.45, 2.75) is 0 Å². The third-order valence-electron chi connectivity index (χ3n) is 3.96. The number of hydrogen-bond donors (Lipinski definition) is 0. The summed E-state index contributed by atoms with van der Waals surface area (Å²) in [6.45, 7) is 0. The van der Waals surface area contributed by atoms with Crippen LogP contribution in [0.4, 0.5) is 0 Å². The van der Waals surface area contributed by atoms with Gasteiger partial charge >= 0.3 is 0 Å². The van der Waals surface area contributed by atoms with E-state index in [1.165, 1.54) is 40.0 Å². The molecule has 0 unspecified atom stereocenters. The minimum atomic E-state index is 1.35. The smallest absolute Gasteiger partial charge is 0.0528 e. The highest BCUT2D eigenvalue weighted by Gasteiger charge is 2.16. The molecule has 0 atom stereocenters. The number of thiophene rings is 4. The highest BCUT2D eigenvalue weighted by molar-refractivity contribution is 7.29. The molecule has 0 amide bonds. The summed E-state index contributed by atoms with van der Waals surface area (Å²) in [4.78, 5) is 8.21. The molecule has 0 aliphatic carbocycles. The van der Waals surface area contributed by atoms with E-state index in [1.807, 2.05) is 34.0 Å². The first-order chi connectivity index (χ1) is 11.9. The highest BCUT2D eigenvalue weighted by atomic mass is 32.1. The van der Waals surface area contributed by atoms with E-state index in [0.717, 1.165) is 0 Å². The zero-order valence-electron chi connectivity index (χ0n) is 12.6. The van der Waals surface area contributed by atoms with Crippen LogP contribution >= 0.6 is 45.3 Å². The Kier molecular flexibility index (Phi) is 3.64. The predicted octanol–water partition coefficient (Wildman–Crippen LogP) is 8.09. The van der Waals surface area contributed by atoms with Crippen LogP contribution in [0.15, 0.2) is 71.4 Å². The van der Waals surface area contributed by atoms with Crippen LogP contribution in [0.1, 0.15) is 0 Å². The maximum absolute atomic E-state index is 2.27. The van der Waals surface area contributed by atoms with Crippen LogP contribution in [0.2, 0.25) is 0 Å². The molecule has 0 aliphatic heterocycles. The summed E-state index contributed by atoms with van der Waals surface area (Å²) in [5, 5.41) is 7.03. The Bertz CT molecular complexity index is 1090. The maximum atomic E-state index is 2.27. The van der Waals surface area contributed by atoms with Crippen molar-refractivity contribution < 1.29 is 0 Å². The molecular formula is C20H12S4. The van der Waals surface area contributed by atoms with Gasteiger partial charge in [0.1, 0.15) is 0 Å². The zero-order valence-corrected chi connectivity index (χ0v) is 15.8. The SMILES string of the molecule is c1csc(-c2ccc(-c3sc(-c4cccs4)c4ccccc34)s2)c1.